The smallest absolute Gasteiger partial charge is 0.236 e. The van der Waals surface area contributed by atoms with Crippen molar-refractivity contribution < 1.29 is 13.9 Å². The van der Waals surface area contributed by atoms with Crippen molar-refractivity contribution in [3.8, 4) is 17.6 Å². The largest absolute Gasteiger partial charge is 0.493 e. The summed E-state index contributed by atoms with van der Waals surface area (Å²) in [5, 5.41) is 9.72. The first-order valence-electron chi connectivity index (χ1n) is 10.2. The highest BCUT2D eigenvalue weighted by molar-refractivity contribution is 5.49. The molecule has 0 spiro atoms. The number of hydrogen-bond acceptors (Lipinski definition) is 6. The highest BCUT2D eigenvalue weighted by Gasteiger charge is 2.21. The van der Waals surface area contributed by atoms with Crippen LogP contribution in [-0.4, -0.2) is 12.1 Å². The van der Waals surface area contributed by atoms with E-state index in [9.17, 15) is 5.26 Å². The molecule has 0 radical (unpaired) electrons. The lowest BCUT2D eigenvalue weighted by molar-refractivity contribution is 0.250. The second kappa shape index (κ2) is 10.2. The van der Waals surface area contributed by atoms with Gasteiger partial charge in [-0.25, -0.2) is 0 Å². The molecule has 0 aliphatic rings. The average Bonchev–Trinajstić information content (AvgIpc) is 3.27. The van der Waals surface area contributed by atoms with E-state index in [-0.39, 0.29) is 12.3 Å². The Morgan fingerprint density at radius 2 is 1.41 bits per heavy atom. The van der Waals surface area contributed by atoms with Crippen LogP contribution in [0.5, 0.6) is 11.5 Å². The Bertz CT molecular complexity index is 1140. The predicted octanol–water partition coefficient (Wildman–Crippen LogP) is 5.34. The van der Waals surface area contributed by atoms with Gasteiger partial charge in [-0.2, -0.15) is 10.2 Å². The van der Waals surface area contributed by atoms with Gasteiger partial charge in [0, 0.05) is 13.1 Å². The van der Waals surface area contributed by atoms with Crippen molar-refractivity contribution in [1.29, 1.82) is 5.26 Å². The van der Waals surface area contributed by atoms with E-state index in [2.05, 4.69) is 11.1 Å². The van der Waals surface area contributed by atoms with Crippen LogP contribution in [0.25, 0.3) is 0 Å². The number of ether oxygens (including phenoxy) is 2. The van der Waals surface area contributed by atoms with E-state index in [0.29, 0.717) is 36.4 Å². The summed E-state index contributed by atoms with van der Waals surface area (Å²) in [6.07, 6.45) is 0. The molecule has 0 aliphatic heterocycles. The van der Waals surface area contributed by atoms with Crippen molar-refractivity contribution in [3.05, 3.63) is 108 Å². The van der Waals surface area contributed by atoms with Gasteiger partial charge in [0.1, 0.15) is 6.07 Å². The first-order valence-corrected chi connectivity index (χ1v) is 10.2. The number of nitriles is 1. The van der Waals surface area contributed by atoms with E-state index in [1.165, 1.54) is 0 Å². The molecule has 0 atom stereocenters. The van der Waals surface area contributed by atoms with Crippen molar-refractivity contribution in [1.82, 2.24) is 4.98 Å². The lowest BCUT2D eigenvalue weighted by Crippen LogP contribution is -2.22. The number of anilines is 1. The van der Waals surface area contributed by atoms with Gasteiger partial charge in [-0.3, -0.25) is 0 Å². The molecule has 4 rings (SSSR count). The van der Waals surface area contributed by atoms with E-state index in [1.54, 1.807) is 7.11 Å². The molecule has 0 saturated heterocycles. The third-order valence-corrected chi connectivity index (χ3v) is 4.90. The lowest BCUT2D eigenvalue weighted by Gasteiger charge is -2.22. The van der Waals surface area contributed by atoms with Gasteiger partial charge in [0.15, 0.2) is 18.1 Å². The summed E-state index contributed by atoms with van der Waals surface area (Å²) in [6.45, 7) is 1.23. The van der Waals surface area contributed by atoms with Crippen molar-refractivity contribution in [3.63, 3.8) is 0 Å². The SMILES string of the molecule is COc1ccccc1OCc1nc(C#N)c(N(Cc2ccccc2)Cc2ccccc2)o1. The molecule has 160 valence electrons. The van der Waals surface area contributed by atoms with Gasteiger partial charge in [0.2, 0.25) is 17.5 Å². The highest BCUT2D eigenvalue weighted by Crippen LogP contribution is 2.29. The summed E-state index contributed by atoms with van der Waals surface area (Å²) in [6, 6.07) is 29.6. The molecule has 0 fully saturated rings. The summed E-state index contributed by atoms with van der Waals surface area (Å²) in [5.41, 5.74) is 2.45. The number of aromatic nitrogens is 1. The van der Waals surface area contributed by atoms with Gasteiger partial charge in [-0.15, -0.1) is 0 Å². The van der Waals surface area contributed by atoms with Gasteiger partial charge in [-0.1, -0.05) is 72.8 Å². The Kier molecular flexibility index (Phi) is 6.69. The van der Waals surface area contributed by atoms with Crippen molar-refractivity contribution in [2.45, 2.75) is 19.7 Å². The first kappa shape index (κ1) is 21.0. The van der Waals surface area contributed by atoms with Gasteiger partial charge in [0.05, 0.1) is 7.11 Å². The summed E-state index contributed by atoms with van der Waals surface area (Å²) in [7, 11) is 1.59. The fourth-order valence-electron chi connectivity index (χ4n) is 3.39. The van der Waals surface area contributed by atoms with Gasteiger partial charge >= 0.3 is 0 Å². The number of hydrogen-bond donors (Lipinski definition) is 0. The lowest BCUT2D eigenvalue weighted by atomic mass is 10.1. The van der Waals surface area contributed by atoms with Gasteiger partial charge in [-0.05, 0) is 23.3 Å². The van der Waals surface area contributed by atoms with Crippen LogP contribution in [0.3, 0.4) is 0 Å². The van der Waals surface area contributed by atoms with Crippen molar-refractivity contribution in [2.24, 2.45) is 0 Å². The van der Waals surface area contributed by atoms with E-state index in [0.717, 1.165) is 11.1 Å². The minimum atomic E-state index is 0.0829. The molecular weight excluding hydrogens is 402 g/mol. The first-order chi connectivity index (χ1) is 15.8. The fraction of sp³-hybridized carbons (Fsp3) is 0.154. The number of benzene rings is 3. The zero-order valence-corrected chi connectivity index (χ0v) is 17.8. The van der Waals surface area contributed by atoms with Crippen LogP contribution in [0.4, 0.5) is 5.88 Å². The highest BCUT2D eigenvalue weighted by atomic mass is 16.5. The minimum absolute atomic E-state index is 0.0829. The molecule has 4 aromatic rings. The molecule has 0 amide bonds. The Balaban J connectivity index is 1.60. The molecule has 1 heterocycles. The normalized spacial score (nSPS) is 10.4. The zero-order valence-electron chi connectivity index (χ0n) is 17.8. The average molecular weight is 425 g/mol. The topological polar surface area (TPSA) is 71.5 Å². The van der Waals surface area contributed by atoms with E-state index < -0.39 is 0 Å². The number of para-hydroxylation sites is 2. The number of nitrogens with zero attached hydrogens (tertiary/aromatic N) is 3. The zero-order chi connectivity index (χ0) is 22.2. The third kappa shape index (κ3) is 5.08. The number of methoxy groups -OCH3 is 1. The van der Waals surface area contributed by atoms with Crippen LogP contribution in [0.1, 0.15) is 22.7 Å². The maximum Gasteiger partial charge on any atom is 0.236 e. The maximum atomic E-state index is 9.72. The standard InChI is InChI=1S/C26H23N3O3/c1-30-23-14-8-9-15-24(23)31-19-25-28-22(16-27)26(32-25)29(17-20-10-4-2-5-11-20)18-21-12-6-3-7-13-21/h2-15H,17-19H2,1H3. The Hall–Kier alpha value is -4.24. The summed E-state index contributed by atoms with van der Waals surface area (Å²) in [4.78, 5) is 6.38. The molecule has 0 bridgehead atoms. The molecule has 6 heteroatoms. The molecule has 0 unspecified atom stereocenters. The molecule has 0 aliphatic carbocycles. The maximum absolute atomic E-state index is 9.72. The van der Waals surface area contributed by atoms with Crippen LogP contribution in [0.2, 0.25) is 0 Å². The fourth-order valence-corrected chi connectivity index (χ4v) is 3.39. The van der Waals surface area contributed by atoms with E-state index in [1.807, 2.05) is 89.8 Å². The molecule has 1 aromatic heterocycles. The second-order valence-electron chi connectivity index (χ2n) is 7.14. The van der Waals surface area contributed by atoms with Crippen molar-refractivity contribution in [2.75, 3.05) is 12.0 Å². The Morgan fingerprint density at radius 1 is 0.844 bits per heavy atom. The van der Waals surface area contributed by atoms with Crippen LogP contribution in [-0.2, 0) is 19.7 Å². The van der Waals surface area contributed by atoms with Gasteiger partial charge < -0.3 is 18.8 Å². The van der Waals surface area contributed by atoms with Crippen LogP contribution < -0.4 is 14.4 Å². The predicted molar refractivity (Wildman–Crippen MR) is 121 cm³/mol. The van der Waals surface area contributed by atoms with Gasteiger partial charge in [0.25, 0.3) is 0 Å². The van der Waals surface area contributed by atoms with Crippen LogP contribution >= 0.6 is 0 Å². The molecule has 3 aromatic carbocycles. The molecule has 0 N–H and O–H groups in total. The number of rotatable bonds is 9. The Labute approximate surface area is 187 Å². The summed E-state index contributed by atoms with van der Waals surface area (Å²) in [5.74, 6) is 1.96. The quantitative estimate of drug-likeness (QED) is 0.360. The Morgan fingerprint density at radius 3 is 1.97 bits per heavy atom. The monoisotopic (exact) mass is 425 g/mol. The van der Waals surface area contributed by atoms with Crippen LogP contribution in [0, 0.1) is 11.3 Å². The molecule has 6 nitrogen and oxygen atoms in total. The number of oxazole rings is 1. The van der Waals surface area contributed by atoms with E-state index in [4.69, 9.17) is 13.9 Å². The molecular formula is C26H23N3O3. The van der Waals surface area contributed by atoms with Crippen LogP contribution in [0.15, 0.2) is 89.3 Å². The summed E-state index contributed by atoms with van der Waals surface area (Å²) < 4.78 is 17.2. The second-order valence-corrected chi connectivity index (χ2v) is 7.14. The minimum Gasteiger partial charge on any atom is -0.493 e. The molecule has 0 saturated carbocycles. The van der Waals surface area contributed by atoms with E-state index >= 15 is 0 Å². The van der Waals surface area contributed by atoms with Crippen molar-refractivity contribution >= 4 is 5.88 Å². The molecule has 32 heavy (non-hydrogen) atoms. The third-order valence-electron chi connectivity index (χ3n) is 4.90. The summed E-state index contributed by atoms with van der Waals surface area (Å²) >= 11 is 0.